The Bertz CT molecular complexity index is 408. The molecule has 0 amide bonds. The second-order valence-corrected chi connectivity index (χ2v) is 5.04. The Kier molecular flexibility index (Phi) is 3.81. The Labute approximate surface area is 99.1 Å². The van der Waals surface area contributed by atoms with E-state index in [0.717, 1.165) is 36.7 Å². The summed E-state index contributed by atoms with van der Waals surface area (Å²) in [5.74, 6) is 1.89. The van der Waals surface area contributed by atoms with E-state index in [1.165, 1.54) is 6.07 Å². The van der Waals surface area contributed by atoms with Gasteiger partial charge in [0.1, 0.15) is 11.9 Å². The van der Waals surface area contributed by atoms with Crippen molar-refractivity contribution in [1.82, 2.24) is 4.90 Å². The third kappa shape index (κ3) is 2.75. The minimum absolute atomic E-state index is 0.142. The SMILES string of the molecule is N#Cc1cc(CN2CCSCC2)ccc1F. The summed E-state index contributed by atoms with van der Waals surface area (Å²) in [6, 6.07) is 6.67. The van der Waals surface area contributed by atoms with Crippen molar-refractivity contribution in [3.8, 4) is 6.07 Å². The number of hydrogen-bond donors (Lipinski definition) is 0. The van der Waals surface area contributed by atoms with Crippen LogP contribution < -0.4 is 0 Å². The van der Waals surface area contributed by atoms with Crippen molar-refractivity contribution in [3.63, 3.8) is 0 Å². The lowest BCUT2D eigenvalue weighted by Crippen LogP contribution is -2.31. The van der Waals surface area contributed by atoms with Crippen molar-refractivity contribution in [3.05, 3.63) is 35.1 Å². The zero-order chi connectivity index (χ0) is 11.4. The molecular weight excluding hydrogens is 223 g/mol. The van der Waals surface area contributed by atoms with Gasteiger partial charge in [0.2, 0.25) is 0 Å². The van der Waals surface area contributed by atoms with Gasteiger partial charge in [0.15, 0.2) is 0 Å². The highest BCUT2D eigenvalue weighted by Gasteiger charge is 2.11. The molecular formula is C12H13FN2S. The Morgan fingerprint density at radius 1 is 1.38 bits per heavy atom. The number of benzene rings is 1. The molecule has 1 heterocycles. The Balaban J connectivity index is 2.06. The Hall–Kier alpha value is -1.05. The van der Waals surface area contributed by atoms with Gasteiger partial charge in [-0.3, -0.25) is 4.90 Å². The fraction of sp³-hybridized carbons (Fsp3) is 0.417. The van der Waals surface area contributed by atoms with E-state index in [2.05, 4.69) is 4.90 Å². The van der Waals surface area contributed by atoms with Crippen LogP contribution in [0.5, 0.6) is 0 Å². The zero-order valence-electron chi connectivity index (χ0n) is 8.95. The summed E-state index contributed by atoms with van der Waals surface area (Å²) in [5.41, 5.74) is 1.16. The highest BCUT2D eigenvalue weighted by molar-refractivity contribution is 7.99. The van der Waals surface area contributed by atoms with Crippen molar-refractivity contribution in [2.45, 2.75) is 6.54 Å². The van der Waals surface area contributed by atoms with Gasteiger partial charge in [0.25, 0.3) is 0 Å². The normalized spacial score (nSPS) is 17.0. The minimum atomic E-state index is -0.430. The fourth-order valence-corrected chi connectivity index (χ4v) is 2.75. The molecule has 16 heavy (non-hydrogen) atoms. The first-order valence-corrected chi connectivity index (χ1v) is 6.43. The van der Waals surface area contributed by atoms with Gasteiger partial charge >= 0.3 is 0 Å². The maximum absolute atomic E-state index is 13.1. The summed E-state index contributed by atoms with van der Waals surface area (Å²) in [5, 5.41) is 8.74. The largest absolute Gasteiger partial charge is 0.297 e. The maximum atomic E-state index is 13.1. The van der Waals surface area contributed by atoms with E-state index in [9.17, 15) is 4.39 Å². The van der Waals surface area contributed by atoms with Gasteiger partial charge in [-0.2, -0.15) is 17.0 Å². The van der Waals surface area contributed by atoms with E-state index >= 15 is 0 Å². The van der Waals surface area contributed by atoms with Crippen LogP contribution >= 0.6 is 11.8 Å². The molecule has 0 saturated carbocycles. The topological polar surface area (TPSA) is 27.0 Å². The molecule has 1 fully saturated rings. The summed E-state index contributed by atoms with van der Waals surface area (Å²) in [6.45, 7) is 2.96. The van der Waals surface area contributed by atoms with Crippen molar-refractivity contribution in [2.24, 2.45) is 0 Å². The summed E-state index contributed by atoms with van der Waals surface area (Å²) >= 11 is 1.97. The van der Waals surface area contributed by atoms with E-state index in [4.69, 9.17) is 5.26 Å². The number of thioether (sulfide) groups is 1. The van der Waals surface area contributed by atoms with Crippen molar-refractivity contribution >= 4 is 11.8 Å². The average molecular weight is 236 g/mol. The first-order chi connectivity index (χ1) is 7.79. The molecule has 2 rings (SSSR count). The Morgan fingerprint density at radius 2 is 2.12 bits per heavy atom. The van der Waals surface area contributed by atoms with Gasteiger partial charge < -0.3 is 0 Å². The van der Waals surface area contributed by atoms with E-state index < -0.39 is 5.82 Å². The van der Waals surface area contributed by atoms with Crippen molar-refractivity contribution in [1.29, 1.82) is 5.26 Å². The molecule has 0 spiro atoms. The molecule has 1 aromatic rings. The van der Waals surface area contributed by atoms with Crippen LogP contribution in [-0.2, 0) is 6.54 Å². The summed E-state index contributed by atoms with van der Waals surface area (Å²) in [6.07, 6.45) is 0. The molecule has 1 aliphatic rings. The average Bonchev–Trinajstić information content (AvgIpc) is 2.33. The van der Waals surface area contributed by atoms with Crippen LogP contribution in [0, 0.1) is 17.1 Å². The van der Waals surface area contributed by atoms with Crippen LogP contribution in [0.3, 0.4) is 0 Å². The molecule has 4 heteroatoms. The monoisotopic (exact) mass is 236 g/mol. The predicted octanol–water partition coefficient (Wildman–Crippen LogP) is 2.25. The second-order valence-electron chi connectivity index (χ2n) is 3.81. The molecule has 84 valence electrons. The first kappa shape index (κ1) is 11.4. The molecule has 0 radical (unpaired) electrons. The van der Waals surface area contributed by atoms with Gasteiger partial charge in [-0.05, 0) is 17.7 Å². The van der Waals surface area contributed by atoms with E-state index in [-0.39, 0.29) is 5.56 Å². The molecule has 1 aromatic carbocycles. The smallest absolute Gasteiger partial charge is 0.140 e. The van der Waals surface area contributed by atoms with Crippen LogP contribution in [0.1, 0.15) is 11.1 Å². The third-order valence-corrected chi connectivity index (χ3v) is 3.60. The predicted molar refractivity (Wildman–Crippen MR) is 63.7 cm³/mol. The molecule has 0 unspecified atom stereocenters. The Morgan fingerprint density at radius 3 is 2.81 bits per heavy atom. The molecule has 1 saturated heterocycles. The number of hydrogen-bond acceptors (Lipinski definition) is 3. The second kappa shape index (κ2) is 5.33. The summed E-state index contributed by atoms with van der Waals surface area (Å²) in [7, 11) is 0. The van der Waals surface area contributed by atoms with Gasteiger partial charge in [-0.1, -0.05) is 6.07 Å². The van der Waals surface area contributed by atoms with Crippen LogP contribution in [0.25, 0.3) is 0 Å². The lowest BCUT2D eigenvalue weighted by Gasteiger charge is -2.26. The highest BCUT2D eigenvalue weighted by atomic mass is 32.2. The van der Waals surface area contributed by atoms with E-state index in [1.807, 2.05) is 17.8 Å². The quantitative estimate of drug-likeness (QED) is 0.788. The van der Waals surface area contributed by atoms with Crippen molar-refractivity contribution in [2.75, 3.05) is 24.6 Å². The molecule has 0 aliphatic carbocycles. The third-order valence-electron chi connectivity index (χ3n) is 2.66. The molecule has 0 aromatic heterocycles. The molecule has 0 bridgehead atoms. The van der Waals surface area contributed by atoms with Gasteiger partial charge in [0.05, 0.1) is 5.56 Å². The van der Waals surface area contributed by atoms with E-state index in [0.29, 0.717) is 0 Å². The molecule has 0 N–H and O–H groups in total. The van der Waals surface area contributed by atoms with Crippen LogP contribution in [-0.4, -0.2) is 29.5 Å². The minimum Gasteiger partial charge on any atom is -0.297 e. The van der Waals surface area contributed by atoms with Gasteiger partial charge in [-0.15, -0.1) is 0 Å². The summed E-state index contributed by atoms with van der Waals surface area (Å²) in [4.78, 5) is 2.34. The van der Waals surface area contributed by atoms with Crippen molar-refractivity contribution < 1.29 is 4.39 Å². The standard InChI is InChI=1S/C12H13FN2S/c13-12-2-1-10(7-11(12)8-14)9-15-3-5-16-6-4-15/h1-2,7H,3-6,9H2. The molecule has 1 aliphatic heterocycles. The highest BCUT2D eigenvalue weighted by Crippen LogP contribution is 2.15. The van der Waals surface area contributed by atoms with Crippen LogP contribution in [0.4, 0.5) is 4.39 Å². The maximum Gasteiger partial charge on any atom is 0.140 e. The molecule has 0 atom stereocenters. The number of halogens is 1. The van der Waals surface area contributed by atoms with Gasteiger partial charge in [-0.25, -0.2) is 4.39 Å². The first-order valence-electron chi connectivity index (χ1n) is 5.28. The molecule has 2 nitrogen and oxygen atoms in total. The lowest BCUT2D eigenvalue weighted by molar-refractivity contribution is 0.294. The van der Waals surface area contributed by atoms with E-state index in [1.54, 1.807) is 12.1 Å². The number of rotatable bonds is 2. The zero-order valence-corrected chi connectivity index (χ0v) is 9.76. The number of nitrogens with zero attached hydrogens (tertiary/aromatic N) is 2. The van der Waals surface area contributed by atoms with Crippen LogP contribution in [0.2, 0.25) is 0 Å². The number of nitriles is 1. The van der Waals surface area contributed by atoms with Gasteiger partial charge in [0, 0.05) is 31.1 Å². The summed E-state index contributed by atoms with van der Waals surface area (Å²) < 4.78 is 13.1. The lowest BCUT2D eigenvalue weighted by atomic mass is 10.1. The fourth-order valence-electron chi connectivity index (χ4n) is 1.77. The van der Waals surface area contributed by atoms with Crippen LogP contribution in [0.15, 0.2) is 18.2 Å².